The first-order valence-corrected chi connectivity index (χ1v) is 14.7. The van der Waals surface area contributed by atoms with Gasteiger partial charge in [0.05, 0.1) is 12.6 Å². The van der Waals surface area contributed by atoms with Gasteiger partial charge in [-0.05, 0) is 60.5 Å². The number of alkyl halides is 1. The van der Waals surface area contributed by atoms with Gasteiger partial charge < -0.3 is 10.2 Å². The molecule has 9 atom stereocenters. The summed E-state index contributed by atoms with van der Waals surface area (Å²) >= 11 is 12.9. The first-order valence-electron chi connectivity index (χ1n) is 14.0. The van der Waals surface area contributed by atoms with Crippen LogP contribution < -0.4 is 0 Å². The fraction of sp³-hybridized carbons (Fsp3) is 0.613. The summed E-state index contributed by atoms with van der Waals surface area (Å²) in [7, 11) is 0. The zero-order valence-corrected chi connectivity index (χ0v) is 24.7. The number of allylic oxidation sites excluding steroid dienone is 4. The highest BCUT2D eigenvalue weighted by molar-refractivity contribution is 6.35. The molecule has 40 heavy (non-hydrogen) atoms. The molecule has 4 fully saturated rings. The van der Waals surface area contributed by atoms with Gasteiger partial charge in [-0.1, -0.05) is 63.0 Å². The number of aliphatic hydroxyl groups is 2. The largest absolute Gasteiger partial charge is 0.392 e. The van der Waals surface area contributed by atoms with Gasteiger partial charge in [-0.2, -0.15) is 5.06 Å². The Morgan fingerprint density at radius 2 is 1.85 bits per heavy atom. The Labute approximate surface area is 244 Å². The number of halogens is 3. The maximum Gasteiger partial charge on any atom is 0.192 e. The zero-order chi connectivity index (χ0) is 29.0. The summed E-state index contributed by atoms with van der Waals surface area (Å²) in [4.78, 5) is 32.7. The molecule has 216 valence electrons. The Hall–Kier alpha value is -1.61. The molecule has 3 saturated carbocycles. The van der Waals surface area contributed by atoms with Gasteiger partial charge in [0.1, 0.15) is 12.8 Å². The van der Waals surface area contributed by atoms with Crippen molar-refractivity contribution in [3.63, 3.8) is 0 Å². The van der Waals surface area contributed by atoms with Crippen molar-refractivity contribution in [2.75, 3.05) is 13.2 Å². The summed E-state index contributed by atoms with van der Waals surface area (Å²) in [5.41, 5.74) is -3.50. The minimum atomic E-state index is -1.41. The lowest BCUT2D eigenvalue weighted by Crippen LogP contribution is -2.71. The molecular formula is C31H36Cl2FNO5. The minimum Gasteiger partial charge on any atom is -0.392 e. The Bertz CT molecular complexity index is 1350. The molecule has 9 heteroatoms. The van der Waals surface area contributed by atoms with Gasteiger partial charge in [-0.15, -0.1) is 0 Å². The Morgan fingerprint density at radius 3 is 2.50 bits per heavy atom. The van der Waals surface area contributed by atoms with Crippen LogP contribution in [-0.2, 0) is 21.0 Å². The maximum absolute atomic E-state index is 16.0. The van der Waals surface area contributed by atoms with Crippen molar-refractivity contribution in [2.24, 2.45) is 33.5 Å². The number of aliphatic hydroxyl groups excluding tert-OH is 2. The van der Waals surface area contributed by atoms with E-state index in [1.165, 1.54) is 12.2 Å². The van der Waals surface area contributed by atoms with Crippen LogP contribution in [0.3, 0.4) is 0 Å². The zero-order valence-electron chi connectivity index (χ0n) is 23.2. The van der Waals surface area contributed by atoms with E-state index in [1.807, 2.05) is 20.8 Å². The number of benzene rings is 1. The van der Waals surface area contributed by atoms with Crippen molar-refractivity contribution in [3.05, 3.63) is 57.6 Å². The molecule has 1 aromatic carbocycles. The first kappa shape index (κ1) is 28.5. The number of nitrogens with zero attached hydrogens (tertiary/aromatic N) is 1. The average Bonchev–Trinajstić information content (AvgIpc) is 3.34. The highest BCUT2D eigenvalue weighted by atomic mass is 35.5. The molecule has 0 amide bonds. The molecule has 0 bridgehead atoms. The maximum atomic E-state index is 16.0. The van der Waals surface area contributed by atoms with Gasteiger partial charge >= 0.3 is 0 Å². The van der Waals surface area contributed by atoms with Crippen molar-refractivity contribution in [2.45, 2.75) is 71.4 Å². The molecule has 5 aliphatic rings. The molecule has 1 heterocycles. The second-order valence-corrected chi connectivity index (χ2v) is 14.2. The predicted octanol–water partition coefficient (Wildman–Crippen LogP) is 5.27. The monoisotopic (exact) mass is 591 g/mol. The standard InChI is InChI=1S/C31H36Cl2FNO5/c1-27-9-8-18(37)10-20(27)23(34)11-24-28(2)12-17-14-35(15-19-21(32)6-5-7-22(19)33)40-31(17,26(39)16-36)29(28,3)13-25(38)30(24,27)4/h5-10,17,23-25,36,38H,11-16H2,1-4H3. The number of hydrogen-bond donors (Lipinski definition) is 2. The van der Waals surface area contributed by atoms with Crippen LogP contribution in [0.4, 0.5) is 4.39 Å². The number of fused-ring (bicyclic) bond motifs is 7. The molecule has 2 N–H and O–H groups in total. The normalized spacial score (nSPS) is 45.9. The van der Waals surface area contributed by atoms with Crippen LogP contribution in [0.15, 0.2) is 42.0 Å². The summed E-state index contributed by atoms with van der Waals surface area (Å²) < 4.78 is 16.0. The fourth-order valence-electron chi connectivity index (χ4n) is 9.82. The Morgan fingerprint density at radius 1 is 1.18 bits per heavy atom. The molecular weight excluding hydrogens is 556 g/mol. The van der Waals surface area contributed by atoms with Crippen molar-refractivity contribution >= 4 is 34.8 Å². The third kappa shape index (κ3) is 3.25. The van der Waals surface area contributed by atoms with Crippen LogP contribution in [0.5, 0.6) is 0 Å². The SMILES string of the molecule is CC12C=CC(=O)C=C1C(F)CC1C3(C)CC4CN(Cc5c(Cl)cccc5Cl)OC4(C(=O)CO)C3(C)CC(O)C12C. The van der Waals surface area contributed by atoms with Crippen molar-refractivity contribution in [1.29, 1.82) is 0 Å². The van der Waals surface area contributed by atoms with E-state index in [1.54, 1.807) is 29.3 Å². The van der Waals surface area contributed by atoms with Gasteiger partial charge in [-0.25, -0.2) is 4.39 Å². The quantitative estimate of drug-likeness (QED) is 0.496. The molecule has 1 saturated heterocycles. The Kier molecular flexibility index (Phi) is 6.38. The lowest BCUT2D eigenvalue weighted by atomic mass is 9.35. The summed E-state index contributed by atoms with van der Waals surface area (Å²) in [6, 6.07) is 5.26. The summed E-state index contributed by atoms with van der Waals surface area (Å²) in [6.07, 6.45) is 3.29. The number of hydrogen-bond acceptors (Lipinski definition) is 6. The van der Waals surface area contributed by atoms with E-state index in [0.717, 1.165) is 0 Å². The van der Waals surface area contributed by atoms with Gasteiger partial charge in [0.25, 0.3) is 0 Å². The lowest BCUT2D eigenvalue weighted by Gasteiger charge is -2.69. The highest BCUT2D eigenvalue weighted by Gasteiger charge is 2.81. The van der Waals surface area contributed by atoms with Crippen LogP contribution in [0.25, 0.3) is 0 Å². The smallest absolute Gasteiger partial charge is 0.192 e. The topological polar surface area (TPSA) is 87.1 Å². The number of carbonyl (C=O) groups excluding carboxylic acids is 2. The molecule has 6 rings (SSSR count). The number of carbonyl (C=O) groups is 2. The molecule has 0 aromatic heterocycles. The first-order chi connectivity index (χ1) is 18.7. The molecule has 4 aliphatic carbocycles. The molecule has 1 aromatic rings. The van der Waals surface area contributed by atoms with Crippen LogP contribution in [0.2, 0.25) is 10.0 Å². The number of hydroxylamine groups is 2. The third-order valence-electron chi connectivity index (χ3n) is 12.1. The second kappa shape index (κ2) is 8.95. The minimum absolute atomic E-state index is 0.136. The second-order valence-electron chi connectivity index (χ2n) is 13.4. The predicted molar refractivity (Wildman–Crippen MR) is 149 cm³/mol. The van der Waals surface area contributed by atoms with Crippen LogP contribution in [0.1, 0.15) is 52.5 Å². The lowest BCUT2D eigenvalue weighted by molar-refractivity contribution is -0.285. The number of ketones is 2. The number of rotatable bonds is 4. The van der Waals surface area contributed by atoms with E-state index in [9.17, 15) is 19.8 Å². The van der Waals surface area contributed by atoms with Gasteiger partial charge in [-0.3, -0.25) is 14.4 Å². The van der Waals surface area contributed by atoms with E-state index < -0.39 is 51.9 Å². The van der Waals surface area contributed by atoms with Crippen LogP contribution >= 0.6 is 23.2 Å². The van der Waals surface area contributed by atoms with E-state index in [2.05, 4.69) is 6.92 Å². The molecule has 6 nitrogen and oxygen atoms in total. The molecule has 0 spiro atoms. The summed E-state index contributed by atoms with van der Waals surface area (Å²) in [5.74, 6) is -1.31. The van der Waals surface area contributed by atoms with E-state index in [-0.39, 0.29) is 37.0 Å². The third-order valence-corrected chi connectivity index (χ3v) is 12.8. The molecule has 1 aliphatic heterocycles. The fourth-order valence-corrected chi connectivity index (χ4v) is 10.3. The van der Waals surface area contributed by atoms with Crippen molar-refractivity contribution in [1.82, 2.24) is 5.06 Å². The van der Waals surface area contributed by atoms with E-state index in [4.69, 9.17) is 28.0 Å². The average molecular weight is 593 g/mol. The van der Waals surface area contributed by atoms with E-state index in [0.29, 0.717) is 34.1 Å². The van der Waals surface area contributed by atoms with Crippen LogP contribution in [-0.4, -0.2) is 57.9 Å². The summed E-state index contributed by atoms with van der Waals surface area (Å²) in [5, 5.41) is 25.0. The van der Waals surface area contributed by atoms with Gasteiger partial charge in [0.2, 0.25) is 0 Å². The Balaban J connectivity index is 1.44. The van der Waals surface area contributed by atoms with E-state index >= 15 is 4.39 Å². The summed E-state index contributed by atoms with van der Waals surface area (Å²) in [6.45, 7) is 7.95. The highest BCUT2D eigenvalue weighted by Crippen LogP contribution is 2.79. The van der Waals surface area contributed by atoms with Crippen molar-refractivity contribution in [3.8, 4) is 0 Å². The van der Waals surface area contributed by atoms with Crippen LogP contribution in [0, 0.1) is 33.5 Å². The van der Waals surface area contributed by atoms with Gasteiger partial charge in [0, 0.05) is 44.3 Å². The van der Waals surface area contributed by atoms with Gasteiger partial charge in [0.15, 0.2) is 17.2 Å². The molecule has 9 unspecified atom stereocenters. The molecule has 0 radical (unpaired) electrons. The van der Waals surface area contributed by atoms with Crippen molar-refractivity contribution < 1.29 is 29.0 Å². The number of Topliss-reactive ketones (excluding diaryl/α,β-unsaturated/α-hetero) is 1.